The zero-order valence-corrected chi connectivity index (χ0v) is 19.1. The smallest absolute Gasteiger partial charge is 0.338 e. The van der Waals surface area contributed by atoms with Crippen LogP contribution < -0.4 is 0 Å². The summed E-state index contributed by atoms with van der Waals surface area (Å²) < 4.78 is 32.4. The van der Waals surface area contributed by atoms with E-state index in [0.29, 0.717) is 38.0 Å². The van der Waals surface area contributed by atoms with Crippen molar-refractivity contribution in [1.82, 2.24) is 9.21 Å². The van der Waals surface area contributed by atoms with E-state index < -0.39 is 16.0 Å². The van der Waals surface area contributed by atoms with E-state index in [1.807, 2.05) is 4.90 Å². The number of fused-ring (bicyclic) bond motifs is 1. The number of benzene rings is 1. The summed E-state index contributed by atoms with van der Waals surface area (Å²) in [7, 11) is -3.67. The number of esters is 1. The highest BCUT2D eigenvalue weighted by atomic mass is 32.2. The normalized spacial score (nSPS) is 17.9. The first-order valence-corrected chi connectivity index (χ1v) is 12.8. The number of sulfonamides is 1. The van der Waals surface area contributed by atoms with Crippen molar-refractivity contribution >= 4 is 33.2 Å². The Hall–Kier alpha value is -2.23. The number of hydrogen-bond donors (Lipinski definition) is 0. The average Bonchev–Trinajstić information content (AvgIpc) is 3.27. The highest BCUT2D eigenvalue weighted by molar-refractivity contribution is 7.89. The Bertz CT molecular complexity index is 1050. The Morgan fingerprint density at radius 1 is 1.10 bits per heavy atom. The van der Waals surface area contributed by atoms with Crippen LogP contribution in [0.25, 0.3) is 0 Å². The molecule has 4 rings (SSSR count). The number of carbonyl (C=O) groups excluding carboxylic acids is 2. The Morgan fingerprint density at radius 3 is 2.48 bits per heavy atom. The second-order valence-electron chi connectivity index (χ2n) is 7.80. The lowest BCUT2D eigenvalue weighted by Gasteiger charge is -2.35. The summed E-state index contributed by atoms with van der Waals surface area (Å²) in [5, 5.41) is 2.07. The van der Waals surface area contributed by atoms with Gasteiger partial charge in [0.05, 0.1) is 17.1 Å². The summed E-state index contributed by atoms with van der Waals surface area (Å²) >= 11 is 1.74. The lowest BCUT2D eigenvalue weighted by atomic mass is 9.95. The van der Waals surface area contributed by atoms with E-state index in [9.17, 15) is 18.0 Å². The van der Waals surface area contributed by atoms with Gasteiger partial charge in [-0.05, 0) is 67.5 Å². The lowest BCUT2D eigenvalue weighted by Crippen LogP contribution is -2.45. The molecule has 9 heteroatoms. The molecule has 2 aliphatic heterocycles. The maximum atomic E-state index is 13.0. The van der Waals surface area contributed by atoms with Crippen molar-refractivity contribution in [3.8, 4) is 0 Å². The van der Waals surface area contributed by atoms with E-state index in [-0.39, 0.29) is 23.3 Å². The molecule has 3 heterocycles. The van der Waals surface area contributed by atoms with Crippen molar-refractivity contribution in [3.05, 3.63) is 51.7 Å². The van der Waals surface area contributed by atoms with Crippen molar-refractivity contribution < 1.29 is 22.7 Å². The molecule has 0 saturated carbocycles. The zero-order chi connectivity index (χ0) is 22.0. The average molecular weight is 463 g/mol. The van der Waals surface area contributed by atoms with E-state index in [0.717, 1.165) is 13.0 Å². The van der Waals surface area contributed by atoms with Gasteiger partial charge < -0.3 is 9.64 Å². The number of hydrogen-bond acceptors (Lipinski definition) is 6. The molecule has 166 valence electrons. The monoisotopic (exact) mass is 462 g/mol. The Balaban J connectivity index is 1.36. The first kappa shape index (κ1) is 22.0. The molecular formula is C22H26N2O5S2. The van der Waals surface area contributed by atoms with E-state index in [1.54, 1.807) is 18.3 Å². The molecule has 2 aromatic rings. The molecule has 7 nitrogen and oxygen atoms in total. The molecule has 1 aromatic carbocycles. The van der Waals surface area contributed by atoms with Gasteiger partial charge in [-0.1, -0.05) is 0 Å². The third-order valence-corrected chi connectivity index (χ3v) is 8.86. The van der Waals surface area contributed by atoms with Gasteiger partial charge in [0.1, 0.15) is 0 Å². The Labute approximate surface area is 186 Å². The molecule has 0 spiro atoms. The van der Waals surface area contributed by atoms with Crippen LogP contribution in [0.5, 0.6) is 0 Å². The van der Waals surface area contributed by atoms with Gasteiger partial charge in [0.25, 0.3) is 0 Å². The Kier molecular flexibility index (Phi) is 6.45. The lowest BCUT2D eigenvalue weighted by molar-refractivity contribution is -0.137. The number of amides is 1. The fourth-order valence-corrected chi connectivity index (χ4v) is 6.52. The largest absolute Gasteiger partial charge is 0.462 e. The molecular weight excluding hydrogens is 436 g/mol. The van der Waals surface area contributed by atoms with Crippen LogP contribution in [-0.2, 0) is 32.5 Å². The highest BCUT2D eigenvalue weighted by Crippen LogP contribution is 2.29. The molecule has 31 heavy (non-hydrogen) atoms. The summed E-state index contributed by atoms with van der Waals surface area (Å²) in [6, 6.07) is 7.89. The SMILES string of the molecule is CCOC(=O)c1ccc(S(=O)(=O)N2CCC(C(=O)N3CCc4sccc4C3)CC2)cc1. The van der Waals surface area contributed by atoms with Gasteiger partial charge in [0.15, 0.2) is 0 Å². The van der Waals surface area contributed by atoms with Crippen LogP contribution in [0, 0.1) is 5.92 Å². The number of thiophene rings is 1. The first-order chi connectivity index (χ1) is 14.9. The van der Waals surface area contributed by atoms with Crippen molar-refractivity contribution in [2.24, 2.45) is 5.92 Å². The van der Waals surface area contributed by atoms with E-state index in [4.69, 9.17) is 4.74 Å². The maximum absolute atomic E-state index is 13.0. The topological polar surface area (TPSA) is 84.0 Å². The molecule has 1 amide bonds. The van der Waals surface area contributed by atoms with Gasteiger partial charge in [-0.15, -0.1) is 11.3 Å². The summed E-state index contributed by atoms with van der Waals surface area (Å²) in [6.07, 6.45) is 1.94. The minimum absolute atomic E-state index is 0.132. The fourth-order valence-electron chi connectivity index (χ4n) is 4.16. The molecule has 0 N–H and O–H groups in total. The first-order valence-electron chi connectivity index (χ1n) is 10.5. The molecule has 0 aliphatic carbocycles. The standard InChI is InChI=1S/C22H26N2O5S2/c1-2-29-22(26)17-3-5-19(6-4-17)31(27,28)24-12-7-16(8-13-24)21(25)23-11-9-20-18(15-23)10-14-30-20/h3-6,10,14,16H,2,7-9,11-13,15H2,1H3. The van der Waals surface area contributed by atoms with Crippen LogP contribution in [0.15, 0.2) is 40.6 Å². The number of piperidine rings is 1. The van der Waals surface area contributed by atoms with Gasteiger partial charge >= 0.3 is 5.97 Å². The molecule has 0 atom stereocenters. The van der Waals surface area contributed by atoms with Crippen LogP contribution in [0.3, 0.4) is 0 Å². The molecule has 1 aromatic heterocycles. The van der Waals surface area contributed by atoms with Gasteiger partial charge in [-0.2, -0.15) is 4.31 Å². The van der Waals surface area contributed by atoms with Crippen molar-refractivity contribution in [2.45, 2.75) is 37.6 Å². The number of ether oxygens (including phenoxy) is 1. The van der Waals surface area contributed by atoms with Crippen molar-refractivity contribution in [3.63, 3.8) is 0 Å². The summed E-state index contributed by atoms with van der Waals surface area (Å²) in [5.41, 5.74) is 1.55. The number of carbonyl (C=O) groups is 2. The van der Waals surface area contributed by atoms with E-state index in [2.05, 4.69) is 11.4 Å². The van der Waals surface area contributed by atoms with Crippen molar-refractivity contribution in [1.29, 1.82) is 0 Å². The molecule has 0 bridgehead atoms. The van der Waals surface area contributed by atoms with Crippen LogP contribution in [0.1, 0.15) is 40.6 Å². The van der Waals surface area contributed by atoms with Gasteiger partial charge in [-0.25, -0.2) is 13.2 Å². The third-order valence-electron chi connectivity index (χ3n) is 5.93. The van der Waals surface area contributed by atoms with Crippen LogP contribution in [-0.4, -0.2) is 55.7 Å². The van der Waals surface area contributed by atoms with Crippen LogP contribution in [0.4, 0.5) is 0 Å². The van der Waals surface area contributed by atoms with Gasteiger partial charge in [0.2, 0.25) is 15.9 Å². The maximum Gasteiger partial charge on any atom is 0.338 e. The summed E-state index contributed by atoms with van der Waals surface area (Å²) in [4.78, 5) is 28.2. The predicted molar refractivity (Wildman–Crippen MR) is 117 cm³/mol. The molecule has 2 aliphatic rings. The minimum atomic E-state index is -3.67. The van der Waals surface area contributed by atoms with Crippen molar-refractivity contribution in [2.75, 3.05) is 26.2 Å². The van der Waals surface area contributed by atoms with E-state index in [1.165, 1.54) is 39.0 Å². The fraction of sp³-hybridized carbons (Fsp3) is 0.455. The third kappa shape index (κ3) is 4.53. The van der Waals surface area contributed by atoms with Crippen LogP contribution >= 0.6 is 11.3 Å². The number of rotatable bonds is 5. The predicted octanol–water partition coefficient (Wildman–Crippen LogP) is 2.91. The molecule has 0 radical (unpaired) electrons. The quantitative estimate of drug-likeness (QED) is 0.638. The van der Waals surface area contributed by atoms with Gasteiger partial charge in [-0.3, -0.25) is 4.79 Å². The summed E-state index contributed by atoms with van der Waals surface area (Å²) in [5.74, 6) is -0.483. The second-order valence-corrected chi connectivity index (χ2v) is 10.7. The van der Waals surface area contributed by atoms with Crippen LogP contribution in [0.2, 0.25) is 0 Å². The molecule has 1 saturated heterocycles. The zero-order valence-electron chi connectivity index (χ0n) is 17.5. The van der Waals surface area contributed by atoms with Gasteiger partial charge in [0, 0.05) is 37.0 Å². The number of nitrogens with zero attached hydrogens (tertiary/aromatic N) is 2. The minimum Gasteiger partial charge on any atom is -0.462 e. The second kappa shape index (κ2) is 9.10. The Morgan fingerprint density at radius 2 is 1.81 bits per heavy atom. The highest BCUT2D eigenvalue weighted by Gasteiger charge is 2.34. The molecule has 1 fully saturated rings. The molecule has 0 unspecified atom stereocenters. The van der Waals surface area contributed by atoms with E-state index >= 15 is 0 Å². The summed E-state index contributed by atoms with van der Waals surface area (Å²) in [6.45, 7) is 4.00.